The van der Waals surface area contributed by atoms with Crippen LogP contribution in [0.4, 0.5) is 5.69 Å². The largest absolute Gasteiger partial charge is 0.493 e. The van der Waals surface area contributed by atoms with Crippen LogP contribution in [0.5, 0.6) is 23.0 Å². The number of methoxy groups -OCH3 is 2. The number of aromatic nitrogens is 1. The number of nitrogens with zero attached hydrogens (tertiary/aromatic N) is 1. The van der Waals surface area contributed by atoms with Gasteiger partial charge in [-0.2, -0.15) is 0 Å². The number of fused-ring (bicyclic) bond motifs is 1. The molecule has 1 amide bonds. The van der Waals surface area contributed by atoms with Crippen molar-refractivity contribution in [3.05, 3.63) is 83.6 Å². The summed E-state index contributed by atoms with van der Waals surface area (Å²) in [5.41, 5.74) is 4.79. The highest BCUT2D eigenvalue weighted by atomic mass is 16.5. The molecule has 0 bridgehead atoms. The molecule has 4 aromatic rings. The molecular formula is C30H31N3O4. The van der Waals surface area contributed by atoms with Crippen LogP contribution in [0.25, 0.3) is 10.9 Å². The first kappa shape index (κ1) is 24.6. The lowest BCUT2D eigenvalue weighted by Gasteiger charge is -2.13. The standard InChI is InChI=1S/C30H31N3O4/c1-19-12-21(18-32-22-6-7-22)14-23(13-19)33-30(34)15-20-4-8-24(9-5-20)37-27-10-11-31-26-17-29(36-3)28(35-2)16-25(26)27/h4-5,8-14,16-17,22,32H,6-7,15,18H2,1-3H3,(H,33,34). The zero-order valence-corrected chi connectivity index (χ0v) is 21.3. The molecule has 3 aromatic carbocycles. The molecular weight excluding hydrogens is 466 g/mol. The van der Waals surface area contributed by atoms with E-state index in [1.165, 1.54) is 18.4 Å². The molecule has 1 heterocycles. The zero-order valence-electron chi connectivity index (χ0n) is 21.3. The Morgan fingerprint density at radius 2 is 1.68 bits per heavy atom. The van der Waals surface area contributed by atoms with Gasteiger partial charge in [-0.25, -0.2) is 0 Å². The Morgan fingerprint density at radius 3 is 2.41 bits per heavy atom. The average Bonchev–Trinajstić information content (AvgIpc) is 3.72. The maximum absolute atomic E-state index is 12.7. The van der Waals surface area contributed by atoms with Crippen molar-refractivity contribution in [1.29, 1.82) is 0 Å². The summed E-state index contributed by atoms with van der Waals surface area (Å²) in [5.74, 6) is 2.48. The Morgan fingerprint density at radius 1 is 0.919 bits per heavy atom. The molecule has 0 aliphatic heterocycles. The van der Waals surface area contributed by atoms with Gasteiger partial charge in [-0.15, -0.1) is 0 Å². The van der Waals surface area contributed by atoms with E-state index in [4.69, 9.17) is 14.2 Å². The normalized spacial score (nSPS) is 12.8. The summed E-state index contributed by atoms with van der Waals surface area (Å²) in [7, 11) is 3.19. The number of rotatable bonds is 10. The van der Waals surface area contributed by atoms with Crippen molar-refractivity contribution in [2.45, 2.75) is 38.8 Å². The molecule has 0 radical (unpaired) electrons. The van der Waals surface area contributed by atoms with E-state index in [1.807, 2.05) is 61.5 Å². The minimum Gasteiger partial charge on any atom is -0.493 e. The van der Waals surface area contributed by atoms with Gasteiger partial charge in [0.05, 0.1) is 26.2 Å². The summed E-state index contributed by atoms with van der Waals surface area (Å²) in [6.07, 6.45) is 4.48. The number of hydrogen-bond donors (Lipinski definition) is 2. The van der Waals surface area contributed by atoms with Gasteiger partial charge in [-0.1, -0.05) is 18.2 Å². The lowest BCUT2D eigenvalue weighted by Crippen LogP contribution is -2.17. The average molecular weight is 498 g/mol. The summed E-state index contributed by atoms with van der Waals surface area (Å²) in [6, 6.07) is 19.9. The number of hydrogen-bond acceptors (Lipinski definition) is 6. The molecule has 2 N–H and O–H groups in total. The Bertz CT molecular complexity index is 1410. The maximum atomic E-state index is 12.7. The molecule has 0 unspecified atom stereocenters. The molecule has 0 atom stereocenters. The number of anilines is 1. The SMILES string of the molecule is COc1cc2nccc(Oc3ccc(CC(=O)Nc4cc(C)cc(CNC5CC5)c4)cc3)c2cc1OC. The fourth-order valence-corrected chi connectivity index (χ4v) is 4.32. The summed E-state index contributed by atoms with van der Waals surface area (Å²) in [5, 5.41) is 7.38. The van der Waals surface area contributed by atoms with Gasteiger partial charge in [0.15, 0.2) is 11.5 Å². The van der Waals surface area contributed by atoms with Gasteiger partial charge >= 0.3 is 0 Å². The minimum atomic E-state index is -0.0541. The zero-order chi connectivity index (χ0) is 25.8. The second-order valence-corrected chi connectivity index (χ2v) is 9.37. The number of carbonyl (C=O) groups is 1. The lowest BCUT2D eigenvalue weighted by molar-refractivity contribution is -0.115. The molecule has 190 valence electrons. The highest BCUT2D eigenvalue weighted by Gasteiger charge is 2.20. The van der Waals surface area contributed by atoms with Gasteiger partial charge in [-0.05, 0) is 72.9 Å². The van der Waals surface area contributed by atoms with Gasteiger partial charge in [0.25, 0.3) is 0 Å². The number of amides is 1. The molecule has 5 rings (SSSR count). The molecule has 0 saturated heterocycles. The highest BCUT2D eigenvalue weighted by Crippen LogP contribution is 2.36. The first-order valence-corrected chi connectivity index (χ1v) is 12.4. The monoisotopic (exact) mass is 497 g/mol. The van der Waals surface area contributed by atoms with Crippen molar-refractivity contribution in [2.24, 2.45) is 0 Å². The van der Waals surface area contributed by atoms with Crippen LogP contribution in [0, 0.1) is 6.92 Å². The quantitative estimate of drug-likeness (QED) is 0.289. The molecule has 1 aromatic heterocycles. The van der Waals surface area contributed by atoms with Gasteiger partial charge in [0, 0.05) is 35.9 Å². The first-order valence-electron chi connectivity index (χ1n) is 12.4. The van der Waals surface area contributed by atoms with E-state index in [0.717, 1.165) is 34.3 Å². The van der Waals surface area contributed by atoms with Crippen LogP contribution >= 0.6 is 0 Å². The van der Waals surface area contributed by atoms with E-state index < -0.39 is 0 Å². The highest BCUT2D eigenvalue weighted by molar-refractivity contribution is 5.92. The van der Waals surface area contributed by atoms with E-state index in [-0.39, 0.29) is 12.3 Å². The van der Waals surface area contributed by atoms with Crippen molar-refractivity contribution in [3.8, 4) is 23.0 Å². The summed E-state index contributed by atoms with van der Waals surface area (Å²) in [6.45, 7) is 2.87. The summed E-state index contributed by atoms with van der Waals surface area (Å²) < 4.78 is 17.0. The van der Waals surface area contributed by atoms with Crippen LogP contribution in [0.3, 0.4) is 0 Å². The second kappa shape index (κ2) is 10.9. The first-order chi connectivity index (χ1) is 18.0. The second-order valence-electron chi connectivity index (χ2n) is 9.37. The van der Waals surface area contributed by atoms with Crippen molar-refractivity contribution in [1.82, 2.24) is 10.3 Å². The number of ether oxygens (including phenoxy) is 3. The fraction of sp³-hybridized carbons (Fsp3) is 0.267. The predicted octanol–water partition coefficient (Wildman–Crippen LogP) is 5.79. The van der Waals surface area contributed by atoms with Gasteiger partial charge in [0.2, 0.25) is 5.91 Å². The molecule has 1 aliphatic carbocycles. The molecule has 7 heteroatoms. The fourth-order valence-electron chi connectivity index (χ4n) is 4.32. The van der Waals surface area contributed by atoms with Gasteiger partial charge < -0.3 is 24.8 Å². The smallest absolute Gasteiger partial charge is 0.228 e. The van der Waals surface area contributed by atoms with Crippen molar-refractivity contribution >= 4 is 22.5 Å². The molecule has 1 aliphatic rings. The number of nitrogens with one attached hydrogen (secondary N) is 2. The lowest BCUT2D eigenvalue weighted by atomic mass is 10.1. The van der Waals surface area contributed by atoms with Crippen LogP contribution in [0.1, 0.15) is 29.5 Å². The number of pyridine rings is 1. The Labute approximate surface area is 216 Å². The Kier molecular flexibility index (Phi) is 7.23. The molecule has 7 nitrogen and oxygen atoms in total. The van der Waals surface area contributed by atoms with E-state index in [9.17, 15) is 4.79 Å². The van der Waals surface area contributed by atoms with Crippen molar-refractivity contribution in [2.75, 3.05) is 19.5 Å². The maximum Gasteiger partial charge on any atom is 0.228 e. The molecule has 0 spiro atoms. The summed E-state index contributed by atoms with van der Waals surface area (Å²) in [4.78, 5) is 17.1. The summed E-state index contributed by atoms with van der Waals surface area (Å²) >= 11 is 0. The van der Waals surface area contributed by atoms with E-state index in [1.54, 1.807) is 20.4 Å². The Hall–Kier alpha value is -4.10. The van der Waals surface area contributed by atoms with Crippen LogP contribution in [-0.2, 0) is 17.8 Å². The van der Waals surface area contributed by atoms with Crippen LogP contribution in [0.15, 0.2) is 66.9 Å². The van der Waals surface area contributed by atoms with E-state index in [2.05, 4.69) is 21.7 Å². The van der Waals surface area contributed by atoms with Gasteiger partial charge in [-0.3, -0.25) is 9.78 Å². The third-order valence-corrected chi connectivity index (χ3v) is 6.32. The third kappa shape index (κ3) is 6.19. The number of aryl methyl sites for hydroxylation is 1. The molecule has 1 saturated carbocycles. The van der Waals surface area contributed by atoms with Crippen LogP contribution in [-0.4, -0.2) is 31.2 Å². The minimum absolute atomic E-state index is 0.0541. The van der Waals surface area contributed by atoms with Crippen molar-refractivity contribution < 1.29 is 19.0 Å². The third-order valence-electron chi connectivity index (χ3n) is 6.32. The van der Waals surface area contributed by atoms with Gasteiger partial charge in [0.1, 0.15) is 11.5 Å². The topological polar surface area (TPSA) is 81.7 Å². The van der Waals surface area contributed by atoms with Crippen LogP contribution in [0.2, 0.25) is 0 Å². The van der Waals surface area contributed by atoms with Crippen molar-refractivity contribution in [3.63, 3.8) is 0 Å². The predicted molar refractivity (Wildman–Crippen MR) is 145 cm³/mol. The molecule has 1 fully saturated rings. The van der Waals surface area contributed by atoms with Crippen LogP contribution < -0.4 is 24.8 Å². The Balaban J connectivity index is 1.23. The van der Waals surface area contributed by atoms with E-state index in [0.29, 0.717) is 29.0 Å². The van der Waals surface area contributed by atoms with E-state index >= 15 is 0 Å². The number of benzene rings is 3. The molecule has 37 heavy (non-hydrogen) atoms. The number of carbonyl (C=O) groups excluding carboxylic acids is 1.